The number of rotatable bonds is 8. The minimum atomic E-state index is 0.201. The van der Waals surface area contributed by atoms with E-state index < -0.39 is 0 Å². The van der Waals surface area contributed by atoms with E-state index >= 15 is 0 Å². The van der Waals surface area contributed by atoms with E-state index in [0.717, 1.165) is 11.1 Å². The Morgan fingerprint density at radius 2 is 2.04 bits per heavy atom. The first-order chi connectivity index (χ1) is 11.7. The third-order valence-corrected chi connectivity index (χ3v) is 3.48. The normalized spacial score (nSPS) is 10.4. The van der Waals surface area contributed by atoms with E-state index in [4.69, 9.17) is 27.5 Å². The van der Waals surface area contributed by atoms with Gasteiger partial charge in [0, 0.05) is 5.02 Å². The quantitative estimate of drug-likeness (QED) is 0.450. The second-order valence-electron chi connectivity index (χ2n) is 4.82. The Balaban J connectivity index is 1.99. The third kappa shape index (κ3) is 5.22. The lowest BCUT2D eigenvalue weighted by atomic mass is 10.2. The zero-order chi connectivity index (χ0) is 17.2. The van der Waals surface area contributed by atoms with Crippen molar-refractivity contribution in [2.24, 2.45) is 5.10 Å². The van der Waals surface area contributed by atoms with Crippen LogP contribution in [0.1, 0.15) is 18.1 Å². The highest BCUT2D eigenvalue weighted by molar-refractivity contribution is 6.31. The van der Waals surface area contributed by atoms with Crippen molar-refractivity contribution in [1.29, 1.82) is 0 Å². The number of hydrogen-bond acceptors (Lipinski definition) is 4. The number of hydrogen-bond donors (Lipinski definition) is 1. The van der Waals surface area contributed by atoms with Gasteiger partial charge in [-0.2, -0.15) is 5.10 Å². The van der Waals surface area contributed by atoms with E-state index in [2.05, 4.69) is 16.4 Å². The van der Waals surface area contributed by atoms with Crippen molar-refractivity contribution in [2.45, 2.75) is 13.5 Å². The van der Waals surface area contributed by atoms with Crippen LogP contribution in [0.25, 0.3) is 0 Å². The maximum Gasteiger partial charge on any atom is 0.162 e. The van der Waals surface area contributed by atoms with Gasteiger partial charge >= 0.3 is 0 Å². The summed E-state index contributed by atoms with van der Waals surface area (Å²) in [6, 6.07) is 13.2. The molecule has 0 spiro atoms. The standard InChI is InChI=1S/C19H19ClN2O2/c1-3-11-24-18-10-9-15(12-19(18)23-4-2)13-21-22-14-16-7-5-6-8-17(16)20/h1,5-10,12-13,22H,4,11,14H2,2H3/b21-13-. The van der Waals surface area contributed by atoms with Gasteiger partial charge in [-0.15, -0.1) is 6.42 Å². The van der Waals surface area contributed by atoms with Gasteiger partial charge in [0.1, 0.15) is 6.61 Å². The summed E-state index contributed by atoms with van der Waals surface area (Å²) in [6.07, 6.45) is 6.93. The van der Waals surface area contributed by atoms with Crippen molar-refractivity contribution in [2.75, 3.05) is 13.2 Å². The lowest BCUT2D eigenvalue weighted by Gasteiger charge is -2.10. The van der Waals surface area contributed by atoms with Gasteiger partial charge in [0.25, 0.3) is 0 Å². The van der Waals surface area contributed by atoms with Crippen molar-refractivity contribution in [1.82, 2.24) is 5.43 Å². The molecule has 0 radical (unpaired) electrons. The van der Waals surface area contributed by atoms with Gasteiger partial charge in [-0.3, -0.25) is 0 Å². The van der Waals surface area contributed by atoms with Crippen molar-refractivity contribution < 1.29 is 9.47 Å². The lowest BCUT2D eigenvalue weighted by molar-refractivity contribution is 0.299. The molecule has 0 heterocycles. The van der Waals surface area contributed by atoms with Crippen LogP contribution >= 0.6 is 11.6 Å². The molecule has 0 unspecified atom stereocenters. The third-order valence-electron chi connectivity index (χ3n) is 3.11. The highest BCUT2D eigenvalue weighted by atomic mass is 35.5. The van der Waals surface area contributed by atoms with Crippen LogP contribution in [-0.4, -0.2) is 19.4 Å². The Kier molecular flexibility index (Phi) is 7.00. The van der Waals surface area contributed by atoms with E-state index in [1.807, 2.05) is 49.4 Å². The fourth-order valence-electron chi connectivity index (χ4n) is 2.00. The first-order valence-corrected chi connectivity index (χ1v) is 7.94. The van der Waals surface area contributed by atoms with Gasteiger partial charge in [-0.05, 0) is 42.3 Å². The maximum absolute atomic E-state index is 6.10. The van der Waals surface area contributed by atoms with E-state index in [9.17, 15) is 0 Å². The average Bonchev–Trinajstić information content (AvgIpc) is 2.59. The zero-order valence-electron chi connectivity index (χ0n) is 13.5. The Hall–Kier alpha value is -2.64. The maximum atomic E-state index is 6.10. The summed E-state index contributed by atoms with van der Waals surface area (Å²) in [6.45, 7) is 3.21. The van der Waals surface area contributed by atoms with Gasteiger partial charge < -0.3 is 14.9 Å². The molecule has 2 aromatic rings. The van der Waals surface area contributed by atoms with Crippen molar-refractivity contribution >= 4 is 17.8 Å². The van der Waals surface area contributed by atoms with Crippen LogP contribution in [0.3, 0.4) is 0 Å². The first-order valence-electron chi connectivity index (χ1n) is 7.57. The molecule has 2 aromatic carbocycles. The number of nitrogens with one attached hydrogen (secondary N) is 1. The van der Waals surface area contributed by atoms with Gasteiger partial charge in [-0.25, -0.2) is 0 Å². The molecule has 2 rings (SSSR count). The molecule has 24 heavy (non-hydrogen) atoms. The largest absolute Gasteiger partial charge is 0.490 e. The highest BCUT2D eigenvalue weighted by Gasteiger charge is 2.05. The Morgan fingerprint density at radius 3 is 2.79 bits per heavy atom. The van der Waals surface area contributed by atoms with Crippen LogP contribution in [0.4, 0.5) is 0 Å². The number of hydrazone groups is 1. The fraction of sp³-hybridized carbons (Fsp3) is 0.211. The molecule has 0 aliphatic rings. The van der Waals surface area contributed by atoms with Crippen LogP contribution in [-0.2, 0) is 6.54 Å². The molecular formula is C19H19ClN2O2. The van der Waals surface area contributed by atoms with Crippen LogP contribution < -0.4 is 14.9 Å². The number of terminal acetylenes is 1. The summed E-state index contributed by atoms with van der Waals surface area (Å²) < 4.78 is 11.0. The molecule has 0 aliphatic heterocycles. The van der Waals surface area contributed by atoms with Gasteiger partial charge in [0.15, 0.2) is 11.5 Å². The Morgan fingerprint density at radius 1 is 1.21 bits per heavy atom. The molecule has 0 bridgehead atoms. The lowest BCUT2D eigenvalue weighted by Crippen LogP contribution is -2.06. The topological polar surface area (TPSA) is 42.8 Å². The molecular weight excluding hydrogens is 324 g/mol. The Labute approximate surface area is 147 Å². The van der Waals surface area contributed by atoms with Crippen molar-refractivity contribution in [3.8, 4) is 23.8 Å². The number of benzene rings is 2. The van der Waals surface area contributed by atoms with E-state index in [0.29, 0.717) is 29.7 Å². The summed E-state index contributed by atoms with van der Waals surface area (Å²) in [5.41, 5.74) is 4.86. The molecule has 0 aliphatic carbocycles. The van der Waals surface area contributed by atoms with E-state index in [-0.39, 0.29) is 6.61 Å². The van der Waals surface area contributed by atoms with Crippen molar-refractivity contribution in [3.05, 3.63) is 58.6 Å². The fourth-order valence-corrected chi connectivity index (χ4v) is 2.21. The summed E-state index contributed by atoms with van der Waals surface area (Å²) in [7, 11) is 0. The molecule has 0 amide bonds. The van der Waals surface area contributed by atoms with Crippen LogP contribution in [0.5, 0.6) is 11.5 Å². The molecule has 5 heteroatoms. The smallest absolute Gasteiger partial charge is 0.162 e. The predicted octanol–water partition coefficient (Wildman–Crippen LogP) is 3.87. The minimum Gasteiger partial charge on any atom is -0.490 e. The number of ether oxygens (including phenoxy) is 2. The minimum absolute atomic E-state index is 0.201. The summed E-state index contributed by atoms with van der Waals surface area (Å²) in [5.74, 6) is 3.70. The molecule has 0 aromatic heterocycles. The van der Waals surface area contributed by atoms with E-state index in [1.54, 1.807) is 6.21 Å². The second kappa shape index (κ2) is 9.49. The van der Waals surface area contributed by atoms with Gasteiger partial charge in [0.05, 0.1) is 19.4 Å². The summed E-state index contributed by atoms with van der Waals surface area (Å²) >= 11 is 6.10. The molecule has 0 atom stereocenters. The van der Waals surface area contributed by atoms with Gasteiger partial charge in [0.2, 0.25) is 0 Å². The predicted molar refractivity (Wildman–Crippen MR) is 97.8 cm³/mol. The molecule has 0 saturated carbocycles. The molecule has 0 saturated heterocycles. The SMILES string of the molecule is C#CCOc1ccc(/C=N\NCc2ccccc2Cl)cc1OCC. The monoisotopic (exact) mass is 342 g/mol. The zero-order valence-corrected chi connectivity index (χ0v) is 14.2. The first kappa shape index (κ1) is 17.7. The van der Waals surface area contributed by atoms with Crippen molar-refractivity contribution in [3.63, 3.8) is 0 Å². The highest BCUT2D eigenvalue weighted by Crippen LogP contribution is 2.28. The molecule has 0 fully saturated rings. The van der Waals surface area contributed by atoms with Crippen LogP contribution in [0, 0.1) is 12.3 Å². The van der Waals surface area contributed by atoms with Crippen LogP contribution in [0.2, 0.25) is 5.02 Å². The molecule has 124 valence electrons. The Bertz CT molecular complexity index is 738. The summed E-state index contributed by atoms with van der Waals surface area (Å²) in [5, 5.41) is 4.93. The average molecular weight is 343 g/mol. The number of nitrogens with zero attached hydrogens (tertiary/aromatic N) is 1. The second-order valence-corrected chi connectivity index (χ2v) is 5.22. The molecule has 1 N–H and O–H groups in total. The number of halogens is 1. The van der Waals surface area contributed by atoms with Crippen LogP contribution in [0.15, 0.2) is 47.6 Å². The van der Waals surface area contributed by atoms with Gasteiger partial charge in [-0.1, -0.05) is 35.7 Å². The summed E-state index contributed by atoms with van der Waals surface area (Å²) in [4.78, 5) is 0. The molecule has 4 nitrogen and oxygen atoms in total. The van der Waals surface area contributed by atoms with E-state index in [1.165, 1.54) is 0 Å².